The average molecular weight is 271 g/mol. The lowest BCUT2D eigenvalue weighted by molar-refractivity contribution is 0.551. The van der Waals surface area contributed by atoms with Crippen molar-refractivity contribution in [2.45, 2.75) is 19.9 Å². The molecule has 0 aliphatic carbocycles. The van der Waals surface area contributed by atoms with E-state index in [0.717, 1.165) is 17.0 Å². The number of nitrogens with one attached hydrogen (secondary N) is 2. The van der Waals surface area contributed by atoms with Crippen molar-refractivity contribution in [1.29, 1.82) is 0 Å². The first-order chi connectivity index (χ1) is 9.24. The van der Waals surface area contributed by atoms with E-state index in [0.29, 0.717) is 12.0 Å². The molecule has 98 valence electrons. The maximum absolute atomic E-state index is 4.58. The second-order valence-corrected chi connectivity index (χ2v) is 5.96. The van der Waals surface area contributed by atoms with Crippen LogP contribution in [0.3, 0.4) is 0 Å². The number of hydrogen-bond donors (Lipinski definition) is 2. The molecule has 0 aliphatic rings. The van der Waals surface area contributed by atoms with Crippen LogP contribution in [0.1, 0.15) is 24.8 Å². The highest BCUT2D eigenvalue weighted by molar-refractivity contribution is 7.10. The van der Waals surface area contributed by atoms with Gasteiger partial charge in [0, 0.05) is 4.88 Å². The van der Waals surface area contributed by atoms with Gasteiger partial charge in [-0.05, 0) is 29.5 Å². The lowest BCUT2D eigenvalue weighted by Crippen LogP contribution is -2.16. The summed E-state index contributed by atoms with van der Waals surface area (Å²) in [7, 11) is 0. The van der Waals surface area contributed by atoms with Gasteiger partial charge in [-0.15, -0.1) is 11.3 Å². The average Bonchev–Trinajstić information content (AvgIpc) is 3.04. The molecular formula is C15H17N3S. The minimum atomic E-state index is 0.292. The summed E-state index contributed by atoms with van der Waals surface area (Å²) in [4.78, 5) is 9.25. The lowest BCUT2D eigenvalue weighted by atomic mass is 10.0. The molecule has 3 rings (SSSR count). The number of nitrogens with zero attached hydrogens (tertiary/aromatic N) is 1. The molecule has 1 unspecified atom stereocenters. The molecule has 3 nitrogen and oxygen atoms in total. The van der Waals surface area contributed by atoms with Crippen molar-refractivity contribution in [3.63, 3.8) is 0 Å². The van der Waals surface area contributed by atoms with Crippen LogP contribution in [0, 0.1) is 5.92 Å². The molecule has 0 fully saturated rings. The zero-order valence-corrected chi connectivity index (χ0v) is 11.9. The van der Waals surface area contributed by atoms with Crippen LogP contribution >= 0.6 is 11.3 Å². The van der Waals surface area contributed by atoms with E-state index < -0.39 is 0 Å². The summed E-state index contributed by atoms with van der Waals surface area (Å²) in [6.07, 6.45) is 0. The number of benzene rings is 1. The molecule has 0 saturated heterocycles. The minimum absolute atomic E-state index is 0.292. The Kier molecular flexibility index (Phi) is 3.25. The topological polar surface area (TPSA) is 40.7 Å². The number of H-pyrrole nitrogens is 1. The van der Waals surface area contributed by atoms with E-state index in [2.05, 4.69) is 46.6 Å². The first-order valence-electron chi connectivity index (χ1n) is 6.49. The Morgan fingerprint density at radius 3 is 2.68 bits per heavy atom. The van der Waals surface area contributed by atoms with Gasteiger partial charge >= 0.3 is 0 Å². The summed E-state index contributed by atoms with van der Waals surface area (Å²) < 4.78 is 0. The first kappa shape index (κ1) is 12.2. The second-order valence-electron chi connectivity index (χ2n) is 4.98. The van der Waals surface area contributed by atoms with Crippen molar-refractivity contribution in [3.8, 4) is 0 Å². The van der Waals surface area contributed by atoms with Crippen LogP contribution in [0.4, 0.5) is 5.95 Å². The molecule has 1 aromatic carbocycles. The smallest absolute Gasteiger partial charge is 0.201 e. The van der Waals surface area contributed by atoms with E-state index in [9.17, 15) is 0 Å². The second kappa shape index (κ2) is 5.05. The highest BCUT2D eigenvalue weighted by Crippen LogP contribution is 2.29. The van der Waals surface area contributed by atoms with Crippen LogP contribution in [-0.4, -0.2) is 9.97 Å². The SMILES string of the molecule is CC(C)C(Nc1nc2ccccc2[nH]1)c1cccs1. The van der Waals surface area contributed by atoms with Crippen LogP contribution in [0.2, 0.25) is 0 Å². The van der Waals surface area contributed by atoms with Crippen molar-refractivity contribution >= 4 is 28.3 Å². The Bertz CT molecular complexity index is 622. The van der Waals surface area contributed by atoms with E-state index in [4.69, 9.17) is 0 Å². The maximum Gasteiger partial charge on any atom is 0.201 e. The lowest BCUT2D eigenvalue weighted by Gasteiger charge is -2.20. The molecule has 3 aromatic rings. The fourth-order valence-corrected chi connectivity index (χ4v) is 3.15. The Labute approximate surface area is 116 Å². The quantitative estimate of drug-likeness (QED) is 0.736. The number of thiophene rings is 1. The molecule has 0 bridgehead atoms. The molecule has 2 N–H and O–H groups in total. The predicted octanol–water partition coefficient (Wildman–Crippen LogP) is 4.43. The molecule has 0 saturated carbocycles. The number of anilines is 1. The van der Waals surface area contributed by atoms with Gasteiger partial charge in [-0.25, -0.2) is 4.98 Å². The number of aromatic amines is 1. The van der Waals surface area contributed by atoms with Crippen LogP contribution in [0.15, 0.2) is 41.8 Å². The standard InChI is InChI=1S/C15H17N3S/c1-10(2)14(13-8-5-9-19-13)18-15-16-11-6-3-4-7-12(11)17-15/h3-10,14H,1-2H3,(H2,16,17,18). The molecule has 0 spiro atoms. The fraction of sp³-hybridized carbons (Fsp3) is 0.267. The Balaban J connectivity index is 1.89. The van der Waals surface area contributed by atoms with Crippen molar-refractivity contribution in [2.75, 3.05) is 5.32 Å². The minimum Gasteiger partial charge on any atom is -0.348 e. The van der Waals surface area contributed by atoms with Gasteiger partial charge < -0.3 is 10.3 Å². The molecule has 2 aromatic heterocycles. The van der Waals surface area contributed by atoms with Crippen molar-refractivity contribution in [3.05, 3.63) is 46.7 Å². The van der Waals surface area contributed by atoms with E-state index >= 15 is 0 Å². The number of aromatic nitrogens is 2. The summed E-state index contributed by atoms with van der Waals surface area (Å²) in [5.74, 6) is 1.35. The van der Waals surface area contributed by atoms with Gasteiger partial charge in [-0.1, -0.05) is 32.0 Å². The molecule has 0 radical (unpaired) electrons. The van der Waals surface area contributed by atoms with Gasteiger partial charge in [0.2, 0.25) is 5.95 Å². The summed E-state index contributed by atoms with van der Waals surface area (Å²) in [5, 5.41) is 5.63. The zero-order chi connectivity index (χ0) is 13.2. The maximum atomic E-state index is 4.58. The first-order valence-corrected chi connectivity index (χ1v) is 7.36. The third-order valence-electron chi connectivity index (χ3n) is 3.20. The van der Waals surface area contributed by atoms with E-state index in [1.165, 1.54) is 4.88 Å². The van der Waals surface area contributed by atoms with Crippen molar-refractivity contribution in [2.24, 2.45) is 5.92 Å². The molecule has 1 atom stereocenters. The highest BCUT2D eigenvalue weighted by Gasteiger charge is 2.17. The normalized spacial score (nSPS) is 13.0. The number of rotatable bonds is 4. The Morgan fingerprint density at radius 2 is 2.00 bits per heavy atom. The third kappa shape index (κ3) is 2.49. The molecule has 19 heavy (non-hydrogen) atoms. The van der Waals surface area contributed by atoms with Crippen LogP contribution in [-0.2, 0) is 0 Å². The van der Waals surface area contributed by atoms with Gasteiger partial charge in [0.25, 0.3) is 0 Å². The predicted molar refractivity (Wildman–Crippen MR) is 81.6 cm³/mol. The van der Waals surface area contributed by atoms with Gasteiger partial charge in [-0.3, -0.25) is 0 Å². The molecule has 2 heterocycles. The third-order valence-corrected chi connectivity index (χ3v) is 4.15. The molecule has 0 amide bonds. The number of hydrogen-bond acceptors (Lipinski definition) is 3. The Hall–Kier alpha value is -1.81. The van der Waals surface area contributed by atoms with Crippen LogP contribution < -0.4 is 5.32 Å². The molecular weight excluding hydrogens is 254 g/mol. The van der Waals surface area contributed by atoms with Gasteiger partial charge in [0.1, 0.15) is 0 Å². The highest BCUT2D eigenvalue weighted by atomic mass is 32.1. The van der Waals surface area contributed by atoms with Gasteiger partial charge in [0.05, 0.1) is 17.1 Å². The summed E-state index contributed by atoms with van der Waals surface area (Å²) >= 11 is 1.78. The fourth-order valence-electron chi connectivity index (χ4n) is 2.20. The number of fused-ring (bicyclic) bond motifs is 1. The van der Waals surface area contributed by atoms with E-state index in [1.807, 2.05) is 24.3 Å². The van der Waals surface area contributed by atoms with Crippen molar-refractivity contribution in [1.82, 2.24) is 9.97 Å². The van der Waals surface area contributed by atoms with Gasteiger partial charge in [0.15, 0.2) is 0 Å². The van der Waals surface area contributed by atoms with E-state index in [1.54, 1.807) is 11.3 Å². The largest absolute Gasteiger partial charge is 0.348 e. The molecule has 4 heteroatoms. The summed E-state index contributed by atoms with van der Waals surface area (Å²) in [6, 6.07) is 12.6. The molecule has 0 aliphatic heterocycles. The summed E-state index contributed by atoms with van der Waals surface area (Å²) in [5.41, 5.74) is 2.07. The van der Waals surface area contributed by atoms with Crippen LogP contribution in [0.5, 0.6) is 0 Å². The zero-order valence-electron chi connectivity index (χ0n) is 11.1. The van der Waals surface area contributed by atoms with Gasteiger partial charge in [-0.2, -0.15) is 0 Å². The monoisotopic (exact) mass is 271 g/mol. The van der Waals surface area contributed by atoms with Crippen LogP contribution in [0.25, 0.3) is 11.0 Å². The number of imidazole rings is 1. The summed E-state index contributed by atoms with van der Waals surface area (Å²) in [6.45, 7) is 4.44. The van der Waals surface area contributed by atoms with E-state index in [-0.39, 0.29) is 0 Å². The number of para-hydroxylation sites is 2. The van der Waals surface area contributed by atoms with Crippen molar-refractivity contribution < 1.29 is 0 Å². The Morgan fingerprint density at radius 1 is 1.16 bits per heavy atom.